The summed E-state index contributed by atoms with van der Waals surface area (Å²) in [5.41, 5.74) is 3.47. The van der Waals surface area contributed by atoms with Crippen molar-refractivity contribution in [2.75, 3.05) is 11.4 Å². The van der Waals surface area contributed by atoms with Crippen LogP contribution in [0.1, 0.15) is 25.8 Å². The van der Waals surface area contributed by atoms with Crippen molar-refractivity contribution in [1.82, 2.24) is 5.43 Å². The Bertz CT molecular complexity index is 511. The molecule has 1 heterocycles. The van der Waals surface area contributed by atoms with Crippen LogP contribution in [0.25, 0.3) is 0 Å². The summed E-state index contributed by atoms with van der Waals surface area (Å²) in [6.45, 7) is 3.88. The fourth-order valence-electron chi connectivity index (χ4n) is 2.33. The predicted octanol–water partition coefficient (Wildman–Crippen LogP) is 0.982. The van der Waals surface area contributed by atoms with Crippen LogP contribution in [0.15, 0.2) is 24.3 Å². The monoisotopic (exact) mass is 261 g/mol. The molecule has 0 bridgehead atoms. The molecule has 3 N–H and O–H groups in total. The van der Waals surface area contributed by atoms with E-state index in [9.17, 15) is 9.59 Å². The number of rotatable bonds is 3. The van der Waals surface area contributed by atoms with Gasteiger partial charge >= 0.3 is 0 Å². The first-order valence-electron chi connectivity index (χ1n) is 6.35. The Morgan fingerprint density at radius 3 is 2.74 bits per heavy atom. The first kappa shape index (κ1) is 13.5. The number of amides is 2. The summed E-state index contributed by atoms with van der Waals surface area (Å²) in [5, 5.41) is 0. The van der Waals surface area contributed by atoms with E-state index in [0.29, 0.717) is 13.0 Å². The molecule has 1 aliphatic rings. The fourth-order valence-corrected chi connectivity index (χ4v) is 2.33. The molecule has 0 unspecified atom stereocenters. The second-order valence-electron chi connectivity index (χ2n) is 5.47. The lowest BCUT2D eigenvalue weighted by atomic mass is 9.90. The summed E-state index contributed by atoms with van der Waals surface area (Å²) in [5.74, 6) is 4.97. The summed E-state index contributed by atoms with van der Waals surface area (Å²) in [6.07, 6.45) is 1.24. The smallest absolute Gasteiger partial charge is 0.241 e. The number of benzene rings is 1. The Hall–Kier alpha value is -1.88. The summed E-state index contributed by atoms with van der Waals surface area (Å²) >= 11 is 0. The number of fused-ring (bicyclic) bond motifs is 1. The molecule has 0 saturated carbocycles. The lowest BCUT2D eigenvalue weighted by Crippen LogP contribution is -2.49. The van der Waals surface area contributed by atoms with Crippen LogP contribution in [0.5, 0.6) is 0 Å². The summed E-state index contributed by atoms with van der Waals surface area (Å²) in [6, 6.07) is 7.80. The van der Waals surface area contributed by atoms with E-state index in [0.717, 1.165) is 17.7 Å². The zero-order valence-corrected chi connectivity index (χ0v) is 11.3. The van der Waals surface area contributed by atoms with Crippen molar-refractivity contribution in [3.05, 3.63) is 29.8 Å². The molecule has 2 amide bonds. The van der Waals surface area contributed by atoms with Gasteiger partial charge in [0.15, 0.2) is 0 Å². The number of carbonyl (C=O) groups excluding carboxylic acids is 2. The highest BCUT2D eigenvalue weighted by molar-refractivity contribution is 5.97. The van der Waals surface area contributed by atoms with Gasteiger partial charge in [0, 0.05) is 18.7 Å². The normalized spacial score (nSPS) is 15.1. The lowest BCUT2D eigenvalue weighted by Gasteiger charge is -2.35. The molecule has 0 spiro atoms. The summed E-state index contributed by atoms with van der Waals surface area (Å²) in [7, 11) is 0. The number of hydrogen-bond acceptors (Lipinski definition) is 3. The summed E-state index contributed by atoms with van der Waals surface area (Å²) in [4.78, 5) is 25.5. The average molecular weight is 261 g/mol. The van der Waals surface area contributed by atoms with Crippen molar-refractivity contribution in [3.8, 4) is 0 Å². The number of para-hydroxylation sites is 1. The molecule has 2 rings (SSSR count). The van der Waals surface area contributed by atoms with Gasteiger partial charge in [0.2, 0.25) is 11.8 Å². The third-order valence-corrected chi connectivity index (χ3v) is 3.49. The van der Waals surface area contributed by atoms with Crippen LogP contribution in [0, 0.1) is 5.41 Å². The van der Waals surface area contributed by atoms with Gasteiger partial charge in [-0.3, -0.25) is 15.0 Å². The van der Waals surface area contributed by atoms with Gasteiger partial charge in [0.25, 0.3) is 0 Å². The van der Waals surface area contributed by atoms with Crippen LogP contribution in [-0.2, 0) is 16.0 Å². The highest BCUT2D eigenvalue weighted by atomic mass is 16.2. The van der Waals surface area contributed by atoms with Gasteiger partial charge in [0.1, 0.15) is 0 Å². The SMILES string of the molecule is CC(C)(CN1C(=O)CCc2ccccc21)C(=O)NN. The minimum atomic E-state index is -0.727. The minimum absolute atomic E-state index is 0.0524. The number of hydrogen-bond donors (Lipinski definition) is 2. The van der Waals surface area contributed by atoms with E-state index >= 15 is 0 Å². The topological polar surface area (TPSA) is 75.4 Å². The molecule has 0 aromatic heterocycles. The molecular weight excluding hydrogens is 242 g/mol. The third-order valence-electron chi connectivity index (χ3n) is 3.49. The molecule has 5 nitrogen and oxygen atoms in total. The molecule has 0 aliphatic carbocycles. The molecule has 1 aliphatic heterocycles. The first-order chi connectivity index (χ1) is 8.95. The van der Waals surface area contributed by atoms with E-state index in [1.165, 1.54) is 0 Å². The quantitative estimate of drug-likeness (QED) is 0.484. The minimum Gasteiger partial charge on any atom is -0.311 e. The number of hydrazine groups is 1. The highest BCUT2D eigenvalue weighted by Crippen LogP contribution is 2.30. The Kier molecular flexibility index (Phi) is 3.57. The van der Waals surface area contributed by atoms with Crippen molar-refractivity contribution in [2.24, 2.45) is 11.3 Å². The second-order valence-corrected chi connectivity index (χ2v) is 5.47. The van der Waals surface area contributed by atoms with E-state index in [4.69, 9.17) is 5.84 Å². The molecule has 102 valence electrons. The van der Waals surface area contributed by atoms with Crippen molar-refractivity contribution in [2.45, 2.75) is 26.7 Å². The van der Waals surface area contributed by atoms with Gasteiger partial charge in [-0.25, -0.2) is 5.84 Å². The van der Waals surface area contributed by atoms with Gasteiger partial charge in [-0.15, -0.1) is 0 Å². The van der Waals surface area contributed by atoms with Crippen molar-refractivity contribution < 1.29 is 9.59 Å². The zero-order valence-electron chi connectivity index (χ0n) is 11.3. The van der Waals surface area contributed by atoms with Crippen molar-refractivity contribution >= 4 is 17.5 Å². The molecule has 19 heavy (non-hydrogen) atoms. The van der Waals surface area contributed by atoms with Crippen LogP contribution in [0.2, 0.25) is 0 Å². The highest BCUT2D eigenvalue weighted by Gasteiger charge is 2.34. The lowest BCUT2D eigenvalue weighted by molar-refractivity contribution is -0.129. The van der Waals surface area contributed by atoms with Crippen LogP contribution in [0.3, 0.4) is 0 Å². The number of nitrogens with one attached hydrogen (secondary N) is 1. The standard InChI is InChI=1S/C14H19N3O2/c1-14(2,13(19)16-15)9-17-11-6-4-3-5-10(11)7-8-12(17)18/h3-6H,7-9,15H2,1-2H3,(H,16,19). The van der Waals surface area contributed by atoms with E-state index in [1.54, 1.807) is 18.7 Å². The molecule has 0 radical (unpaired) electrons. The fraction of sp³-hybridized carbons (Fsp3) is 0.429. The van der Waals surface area contributed by atoms with Crippen LogP contribution >= 0.6 is 0 Å². The Balaban J connectivity index is 2.29. The van der Waals surface area contributed by atoms with Gasteiger partial charge in [-0.1, -0.05) is 18.2 Å². The predicted molar refractivity (Wildman–Crippen MR) is 73.2 cm³/mol. The molecule has 0 fully saturated rings. The van der Waals surface area contributed by atoms with Gasteiger partial charge in [0.05, 0.1) is 5.41 Å². The number of aryl methyl sites for hydroxylation is 1. The molecule has 0 saturated heterocycles. The molecule has 1 aromatic rings. The van der Waals surface area contributed by atoms with Gasteiger partial charge in [-0.2, -0.15) is 0 Å². The van der Waals surface area contributed by atoms with Crippen molar-refractivity contribution in [1.29, 1.82) is 0 Å². The van der Waals surface area contributed by atoms with Gasteiger partial charge in [-0.05, 0) is 31.9 Å². The zero-order chi connectivity index (χ0) is 14.0. The number of nitrogens with zero attached hydrogens (tertiary/aromatic N) is 1. The Morgan fingerprint density at radius 1 is 1.37 bits per heavy atom. The molecular formula is C14H19N3O2. The van der Waals surface area contributed by atoms with Crippen LogP contribution in [0.4, 0.5) is 5.69 Å². The maximum absolute atomic E-state index is 12.1. The number of carbonyl (C=O) groups is 2. The van der Waals surface area contributed by atoms with Gasteiger partial charge < -0.3 is 4.90 Å². The van der Waals surface area contributed by atoms with Crippen LogP contribution < -0.4 is 16.2 Å². The van der Waals surface area contributed by atoms with E-state index in [2.05, 4.69) is 5.43 Å². The Morgan fingerprint density at radius 2 is 2.05 bits per heavy atom. The van der Waals surface area contributed by atoms with E-state index in [-0.39, 0.29) is 11.8 Å². The number of anilines is 1. The molecule has 0 atom stereocenters. The Labute approximate surface area is 112 Å². The maximum Gasteiger partial charge on any atom is 0.241 e. The van der Waals surface area contributed by atoms with E-state index < -0.39 is 5.41 Å². The number of nitrogens with two attached hydrogens (primary N) is 1. The van der Waals surface area contributed by atoms with E-state index in [1.807, 2.05) is 24.3 Å². The first-order valence-corrected chi connectivity index (χ1v) is 6.35. The molecule has 5 heteroatoms. The maximum atomic E-state index is 12.1. The van der Waals surface area contributed by atoms with Crippen LogP contribution in [-0.4, -0.2) is 18.4 Å². The largest absolute Gasteiger partial charge is 0.311 e. The molecule has 1 aromatic carbocycles. The third kappa shape index (κ3) is 2.61. The second kappa shape index (κ2) is 5.01. The van der Waals surface area contributed by atoms with Crippen molar-refractivity contribution in [3.63, 3.8) is 0 Å². The average Bonchev–Trinajstić information content (AvgIpc) is 2.41. The summed E-state index contributed by atoms with van der Waals surface area (Å²) < 4.78 is 0.